The Labute approximate surface area is 71.7 Å². The van der Waals surface area contributed by atoms with Crippen molar-refractivity contribution in [3.63, 3.8) is 0 Å². The molecule has 0 fully saturated rings. The molecule has 0 saturated heterocycles. The first kappa shape index (κ1) is 11.5. The van der Waals surface area contributed by atoms with Crippen molar-refractivity contribution in [2.75, 3.05) is 0 Å². The van der Waals surface area contributed by atoms with E-state index in [1.807, 2.05) is 6.92 Å². The zero-order valence-corrected chi connectivity index (χ0v) is 7.67. The number of rotatable bonds is 5. The first-order chi connectivity index (χ1) is 5.39. The largest absolute Gasteiger partial charge is 0.307 e. The van der Waals surface area contributed by atoms with Gasteiger partial charge in [-0.3, -0.25) is 9.35 Å². The van der Waals surface area contributed by atoms with Crippen LogP contribution >= 0.6 is 0 Å². The van der Waals surface area contributed by atoms with Gasteiger partial charge in [-0.25, -0.2) is 0 Å². The molecule has 0 radical (unpaired) electrons. The van der Waals surface area contributed by atoms with Crippen LogP contribution in [-0.4, -0.2) is 24.1 Å². The van der Waals surface area contributed by atoms with Gasteiger partial charge in [0, 0.05) is 6.42 Å². The van der Waals surface area contributed by atoms with Crippen LogP contribution in [0, 0.1) is 0 Å². The number of hydrogen-bond acceptors (Lipinski definition) is 4. The van der Waals surface area contributed by atoms with E-state index in [1.165, 1.54) is 0 Å². The van der Waals surface area contributed by atoms with Crippen LogP contribution in [0.5, 0.6) is 0 Å². The van der Waals surface area contributed by atoms with Gasteiger partial charge in [-0.2, -0.15) is 8.42 Å². The topological polar surface area (TPSA) is 97.5 Å². The second-order valence-electron chi connectivity index (χ2n) is 2.51. The van der Waals surface area contributed by atoms with Gasteiger partial charge in [-0.15, -0.1) is 0 Å². The lowest BCUT2D eigenvalue weighted by molar-refractivity contribution is -0.118. The van der Waals surface area contributed by atoms with E-state index >= 15 is 0 Å². The fourth-order valence-corrected chi connectivity index (χ4v) is 1.11. The summed E-state index contributed by atoms with van der Waals surface area (Å²) in [4.78, 5) is 10.9. The molecule has 3 N–H and O–H groups in total. The number of unbranched alkanes of at least 4 members (excludes halogenated alkanes) is 1. The van der Waals surface area contributed by atoms with Crippen LogP contribution in [0.25, 0.3) is 0 Å². The quantitative estimate of drug-likeness (QED) is 0.598. The van der Waals surface area contributed by atoms with Crippen molar-refractivity contribution in [2.24, 2.45) is 5.73 Å². The average Bonchev–Trinajstić information content (AvgIpc) is 1.97. The summed E-state index contributed by atoms with van der Waals surface area (Å²) in [6, 6.07) is 0. The standard InChI is InChI=1S/C6H13NO4S/c1-2-3-4-5(8)6(7)12(9,10)11/h6H,2-4,7H2,1H3,(H,9,10,11). The van der Waals surface area contributed by atoms with E-state index < -0.39 is 21.3 Å². The lowest BCUT2D eigenvalue weighted by Gasteiger charge is -2.05. The highest BCUT2D eigenvalue weighted by Crippen LogP contribution is 2.01. The van der Waals surface area contributed by atoms with Gasteiger partial charge in [0.1, 0.15) is 0 Å². The monoisotopic (exact) mass is 195 g/mol. The van der Waals surface area contributed by atoms with E-state index in [0.29, 0.717) is 6.42 Å². The molecule has 0 spiro atoms. The first-order valence-corrected chi connectivity index (χ1v) is 5.14. The molecule has 1 atom stereocenters. The van der Waals surface area contributed by atoms with Crippen molar-refractivity contribution in [3.05, 3.63) is 0 Å². The Bertz CT molecular complexity index is 246. The number of Topliss-reactive ketones (excluding diaryl/α,β-unsaturated/α-hetero) is 1. The third-order valence-corrected chi connectivity index (χ3v) is 2.32. The fraction of sp³-hybridized carbons (Fsp3) is 0.833. The minimum Gasteiger partial charge on any atom is -0.307 e. The third kappa shape index (κ3) is 3.80. The molecule has 6 heteroatoms. The fourth-order valence-electron chi connectivity index (χ4n) is 0.659. The van der Waals surface area contributed by atoms with Crippen LogP contribution < -0.4 is 5.73 Å². The lowest BCUT2D eigenvalue weighted by atomic mass is 10.2. The Hall–Kier alpha value is -0.460. The molecule has 12 heavy (non-hydrogen) atoms. The van der Waals surface area contributed by atoms with Crippen LogP contribution in [0.3, 0.4) is 0 Å². The van der Waals surface area contributed by atoms with E-state index in [-0.39, 0.29) is 6.42 Å². The molecule has 0 aliphatic heterocycles. The van der Waals surface area contributed by atoms with E-state index in [0.717, 1.165) is 6.42 Å². The Morgan fingerprint density at radius 1 is 1.58 bits per heavy atom. The molecule has 1 unspecified atom stereocenters. The highest BCUT2D eigenvalue weighted by molar-refractivity contribution is 7.87. The minimum atomic E-state index is -4.40. The molecule has 0 aromatic heterocycles. The second-order valence-corrected chi connectivity index (χ2v) is 4.04. The molecule has 0 amide bonds. The molecule has 0 saturated carbocycles. The molecule has 0 heterocycles. The lowest BCUT2D eigenvalue weighted by Crippen LogP contribution is -2.38. The SMILES string of the molecule is CCCCC(=O)C(N)S(=O)(=O)O. The molecule has 0 aromatic carbocycles. The number of nitrogens with two attached hydrogens (primary N) is 1. The second kappa shape index (κ2) is 4.54. The van der Waals surface area contributed by atoms with Crippen LogP contribution in [0.15, 0.2) is 0 Å². The number of hydrogen-bond donors (Lipinski definition) is 2. The van der Waals surface area contributed by atoms with Gasteiger partial charge in [0.2, 0.25) is 0 Å². The van der Waals surface area contributed by atoms with Crippen LogP contribution in [0.4, 0.5) is 0 Å². The van der Waals surface area contributed by atoms with Gasteiger partial charge in [0.25, 0.3) is 10.1 Å². The maximum Gasteiger partial charge on any atom is 0.288 e. The van der Waals surface area contributed by atoms with Crippen LogP contribution in [-0.2, 0) is 14.9 Å². The zero-order chi connectivity index (χ0) is 9.78. The van der Waals surface area contributed by atoms with Crippen molar-refractivity contribution in [1.29, 1.82) is 0 Å². The molecule has 0 aliphatic rings. The zero-order valence-electron chi connectivity index (χ0n) is 6.86. The third-order valence-electron chi connectivity index (χ3n) is 1.41. The highest BCUT2D eigenvalue weighted by Gasteiger charge is 2.25. The summed E-state index contributed by atoms with van der Waals surface area (Å²) >= 11 is 0. The van der Waals surface area contributed by atoms with Crippen molar-refractivity contribution in [1.82, 2.24) is 0 Å². The Kier molecular flexibility index (Phi) is 4.36. The maximum atomic E-state index is 10.9. The van der Waals surface area contributed by atoms with Crippen LogP contribution in [0.1, 0.15) is 26.2 Å². The van der Waals surface area contributed by atoms with Gasteiger partial charge in [-0.1, -0.05) is 13.3 Å². The molecular weight excluding hydrogens is 182 g/mol. The molecule has 72 valence electrons. The van der Waals surface area contributed by atoms with E-state index in [4.69, 9.17) is 10.3 Å². The van der Waals surface area contributed by atoms with Gasteiger partial charge in [0.05, 0.1) is 0 Å². The molecule has 0 aromatic rings. The van der Waals surface area contributed by atoms with Crippen LogP contribution in [0.2, 0.25) is 0 Å². The van der Waals surface area contributed by atoms with Gasteiger partial charge < -0.3 is 5.73 Å². The summed E-state index contributed by atoms with van der Waals surface area (Å²) < 4.78 is 29.1. The van der Waals surface area contributed by atoms with Gasteiger partial charge in [0.15, 0.2) is 11.2 Å². The molecule has 0 bridgehead atoms. The molecule has 0 aliphatic carbocycles. The van der Waals surface area contributed by atoms with E-state index in [9.17, 15) is 13.2 Å². The minimum absolute atomic E-state index is 0.0947. The summed E-state index contributed by atoms with van der Waals surface area (Å²) in [5.74, 6) is -0.639. The predicted octanol–water partition coefficient (Wildman–Crippen LogP) is -0.0817. The predicted molar refractivity (Wildman–Crippen MR) is 44.1 cm³/mol. The normalized spacial score (nSPS) is 14.2. The Morgan fingerprint density at radius 2 is 2.08 bits per heavy atom. The highest BCUT2D eigenvalue weighted by atomic mass is 32.2. The summed E-state index contributed by atoms with van der Waals surface area (Å²) in [5.41, 5.74) is 4.95. The summed E-state index contributed by atoms with van der Waals surface area (Å²) in [5, 5.41) is -1.77. The Morgan fingerprint density at radius 3 is 2.42 bits per heavy atom. The van der Waals surface area contributed by atoms with Crippen molar-refractivity contribution >= 4 is 15.9 Å². The maximum absolute atomic E-state index is 10.9. The van der Waals surface area contributed by atoms with Gasteiger partial charge in [-0.05, 0) is 6.42 Å². The Balaban J connectivity index is 4.12. The summed E-state index contributed by atoms with van der Waals surface area (Å²) in [7, 11) is -4.40. The molecule has 5 nitrogen and oxygen atoms in total. The van der Waals surface area contributed by atoms with E-state index in [1.54, 1.807) is 0 Å². The smallest absolute Gasteiger partial charge is 0.288 e. The molecule has 0 rings (SSSR count). The van der Waals surface area contributed by atoms with Gasteiger partial charge >= 0.3 is 0 Å². The van der Waals surface area contributed by atoms with E-state index in [2.05, 4.69) is 0 Å². The van der Waals surface area contributed by atoms with Crippen molar-refractivity contribution in [2.45, 2.75) is 31.6 Å². The van der Waals surface area contributed by atoms with Crippen molar-refractivity contribution in [3.8, 4) is 0 Å². The van der Waals surface area contributed by atoms with Crippen molar-refractivity contribution < 1.29 is 17.8 Å². The summed E-state index contributed by atoms with van der Waals surface area (Å²) in [6.45, 7) is 1.87. The summed E-state index contributed by atoms with van der Waals surface area (Å²) in [6.07, 6.45) is 1.46. The number of carbonyl (C=O) groups is 1. The number of ketones is 1. The number of carbonyl (C=O) groups excluding carboxylic acids is 1. The first-order valence-electron chi connectivity index (χ1n) is 3.64. The molecular formula is C6H13NO4S. The average molecular weight is 195 g/mol.